The minimum absolute atomic E-state index is 0.379. The Kier molecular flexibility index (Phi) is 2.64. The Morgan fingerprint density at radius 1 is 1.28 bits per heavy atom. The summed E-state index contributed by atoms with van der Waals surface area (Å²) in [7, 11) is 0. The van der Waals surface area contributed by atoms with Crippen LogP contribution in [0.5, 0.6) is 0 Å². The molecule has 1 aliphatic carbocycles. The van der Waals surface area contributed by atoms with Crippen molar-refractivity contribution in [3.63, 3.8) is 0 Å². The maximum absolute atomic E-state index is 11.3. The SMILES string of the molecule is N#Cc1ccc2[nH]cc(C3CCC(=O)CC3)c2c1. The number of benzene rings is 1. The number of carbonyl (C=O) groups is 1. The van der Waals surface area contributed by atoms with Gasteiger partial charge in [0.25, 0.3) is 0 Å². The van der Waals surface area contributed by atoms with Gasteiger partial charge in [0.05, 0.1) is 11.6 Å². The highest BCUT2D eigenvalue weighted by Crippen LogP contribution is 2.35. The minimum atomic E-state index is 0.379. The molecule has 90 valence electrons. The molecule has 1 heterocycles. The standard InChI is InChI=1S/C15H14N2O/c16-8-10-1-6-15-13(7-10)14(9-17-15)11-2-4-12(18)5-3-11/h1,6-7,9,11,17H,2-5H2. The van der Waals surface area contributed by atoms with Gasteiger partial charge in [-0.2, -0.15) is 5.26 Å². The molecule has 1 N–H and O–H groups in total. The van der Waals surface area contributed by atoms with Crippen LogP contribution in [0.25, 0.3) is 10.9 Å². The quantitative estimate of drug-likeness (QED) is 0.829. The van der Waals surface area contributed by atoms with Crippen LogP contribution in [0.1, 0.15) is 42.7 Å². The number of carbonyl (C=O) groups excluding carboxylic acids is 1. The number of H-pyrrole nitrogens is 1. The van der Waals surface area contributed by atoms with E-state index in [4.69, 9.17) is 5.26 Å². The van der Waals surface area contributed by atoms with Gasteiger partial charge in [0.1, 0.15) is 5.78 Å². The molecular weight excluding hydrogens is 224 g/mol. The molecule has 0 amide bonds. The molecule has 0 spiro atoms. The van der Waals surface area contributed by atoms with E-state index in [1.54, 1.807) is 0 Å². The number of fused-ring (bicyclic) bond motifs is 1. The first-order valence-electron chi connectivity index (χ1n) is 6.31. The zero-order chi connectivity index (χ0) is 12.5. The van der Waals surface area contributed by atoms with Crippen molar-refractivity contribution in [3.05, 3.63) is 35.5 Å². The zero-order valence-corrected chi connectivity index (χ0v) is 10.1. The van der Waals surface area contributed by atoms with Gasteiger partial charge in [-0.3, -0.25) is 4.79 Å². The summed E-state index contributed by atoms with van der Waals surface area (Å²) in [5.41, 5.74) is 3.02. The summed E-state index contributed by atoms with van der Waals surface area (Å²) < 4.78 is 0. The molecule has 0 radical (unpaired) electrons. The Morgan fingerprint density at radius 3 is 2.78 bits per heavy atom. The molecule has 1 aromatic carbocycles. The average molecular weight is 238 g/mol. The lowest BCUT2D eigenvalue weighted by atomic mass is 9.83. The molecule has 1 aromatic heterocycles. The van der Waals surface area contributed by atoms with Crippen LogP contribution in [0, 0.1) is 11.3 Å². The first-order valence-corrected chi connectivity index (χ1v) is 6.31. The van der Waals surface area contributed by atoms with Gasteiger partial charge in [-0.1, -0.05) is 0 Å². The van der Waals surface area contributed by atoms with E-state index in [0.29, 0.717) is 30.1 Å². The summed E-state index contributed by atoms with van der Waals surface area (Å²) in [5, 5.41) is 10.1. The van der Waals surface area contributed by atoms with Gasteiger partial charge in [0.15, 0.2) is 0 Å². The molecule has 18 heavy (non-hydrogen) atoms. The van der Waals surface area contributed by atoms with E-state index in [9.17, 15) is 4.79 Å². The van der Waals surface area contributed by atoms with E-state index in [1.807, 2.05) is 24.4 Å². The van der Waals surface area contributed by atoms with Gasteiger partial charge in [-0.25, -0.2) is 0 Å². The molecule has 1 aliphatic rings. The Balaban J connectivity index is 2.01. The van der Waals surface area contributed by atoms with Crippen molar-refractivity contribution < 1.29 is 4.79 Å². The summed E-state index contributed by atoms with van der Waals surface area (Å²) in [5.74, 6) is 0.828. The lowest BCUT2D eigenvalue weighted by molar-refractivity contribution is -0.120. The number of nitrogens with one attached hydrogen (secondary N) is 1. The normalized spacial score (nSPS) is 16.9. The molecule has 3 rings (SSSR count). The summed E-state index contributed by atoms with van der Waals surface area (Å²) in [6.07, 6.45) is 5.28. The molecule has 0 bridgehead atoms. The van der Waals surface area contributed by atoms with E-state index < -0.39 is 0 Å². The number of Topliss-reactive ketones (excluding diaryl/α,β-unsaturated/α-hetero) is 1. The molecule has 0 atom stereocenters. The van der Waals surface area contributed by atoms with Gasteiger partial charge in [0.2, 0.25) is 0 Å². The van der Waals surface area contributed by atoms with E-state index in [1.165, 1.54) is 5.56 Å². The number of nitriles is 1. The van der Waals surface area contributed by atoms with E-state index in [2.05, 4.69) is 11.1 Å². The van der Waals surface area contributed by atoms with Crippen LogP contribution in [-0.4, -0.2) is 10.8 Å². The van der Waals surface area contributed by atoms with Crippen LogP contribution >= 0.6 is 0 Å². The Bertz CT molecular complexity index is 638. The maximum atomic E-state index is 11.3. The third kappa shape index (κ3) is 1.80. The van der Waals surface area contributed by atoms with Crippen LogP contribution in [0.3, 0.4) is 0 Å². The van der Waals surface area contributed by atoms with Gasteiger partial charge in [0, 0.05) is 29.9 Å². The number of aromatic nitrogens is 1. The Morgan fingerprint density at radius 2 is 2.06 bits per heavy atom. The van der Waals surface area contributed by atoms with Crippen molar-refractivity contribution >= 4 is 16.7 Å². The van der Waals surface area contributed by atoms with Crippen LogP contribution < -0.4 is 0 Å². The molecule has 3 nitrogen and oxygen atoms in total. The van der Waals surface area contributed by atoms with Crippen molar-refractivity contribution in [1.29, 1.82) is 5.26 Å². The molecule has 0 unspecified atom stereocenters. The first kappa shape index (κ1) is 11.0. The maximum Gasteiger partial charge on any atom is 0.132 e. The van der Waals surface area contributed by atoms with Crippen molar-refractivity contribution in [1.82, 2.24) is 4.98 Å². The largest absolute Gasteiger partial charge is 0.361 e. The van der Waals surface area contributed by atoms with Crippen LogP contribution in [0.15, 0.2) is 24.4 Å². The van der Waals surface area contributed by atoms with Gasteiger partial charge in [-0.15, -0.1) is 0 Å². The monoisotopic (exact) mass is 238 g/mol. The molecule has 3 heteroatoms. The minimum Gasteiger partial charge on any atom is -0.361 e. The summed E-state index contributed by atoms with van der Waals surface area (Å²) >= 11 is 0. The molecular formula is C15H14N2O. The second-order valence-electron chi connectivity index (χ2n) is 4.93. The van der Waals surface area contributed by atoms with E-state index in [0.717, 1.165) is 23.7 Å². The third-order valence-electron chi connectivity index (χ3n) is 3.83. The molecule has 2 aromatic rings. The van der Waals surface area contributed by atoms with Crippen molar-refractivity contribution in [2.45, 2.75) is 31.6 Å². The van der Waals surface area contributed by atoms with Crippen LogP contribution in [-0.2, 0) is 4.79 Å². The molecule has 1 fully saturated rings. The fourth-order valence-electron chi connectivity index (χ4n) is 2.80. The topological polar surface area (TPSA) is 56.6 Å². The van der Waals surface area contributed by atoms with Crippen LogP contribution in [0.4, 0.5) is 0 Å². The fourth-order valence-corrected chi connectivity index (χ4v) is 2.80. The first-order chi connectivity index (χ1) is 8.78. The number of hydrogen-bond acceptors (Lipinski definition) is 2. The second kappa shape index (κ2) is 4.30. The Labute approximate surface area is 105 Å². The highest BCUT2D eigenvalue weighted by Gasteiger charge is 2.22. The number of nitrogens with zero attached hydrogens (tertiary/aromatic N) is 1. The van der Waals surface area contributed by atoms with Crippen molar-refractivity contribution in [3.8, 4) is 6.07 Å². The van der Waals surface area contributed by atoms with Gasteiger partial charge < -0.3 is 4.98 Å². The predicted molar refractivity (Wildman–Crippen MR) is 69.2 cm³/mol. The Hall–Kier alpha value is -2.08. The van der Waals surface area contributed by atoms with Crippen molar-refractivity contribution in [2.24, 2.45) is 0 Å². The number of hydrogen-bond donors (Lipinski definition) is 1. The van der Waals surface area contributed by atoms with Crippen LogP contribution in [0.2, 0.25) is 0 Å². The lowest BCUT2D eigenvalue weighted by Gasteiger charge is -2.20. The van der Waals surface area contributed by atoms with Crippen molar-refractivity contribution in [2.75, 3.05) is 0 Å². The fraction of sp³-hybridized carbons (Fsp3) is 0.333. The predicted octanol–water partition coefficient (Wildman–Crippen LogP) is 3.27. The van der Waals surface area contributed by atoms with Gasteiger partial charge in [-0.05, 0) is 42.5 Å². The number of aromatic amines is 1. The number of rotatable bonds is 1. The number of ketones is 1. The third-order valence-corrected chi connectivity index (χ3v) is 3.83. The lowest BCUT2D eigenvalue weighted by Crippen LogP contribution is -2.12. The zero-order valence-electron chi connectivity index (χ0n) is 10.1. The highest BCUT2D eigenvalue weighted by atomic mass is 16.1. The second-order valence-corrected chi connectivity index (χ2v) is 4.93. The van der Waals surface area contributed by atoms with Gasteiger partial charge >= 0.3 is 0 Å². The molecule has 1 saturated carbocycles. The highest BCUT2D eigenvalue weighted by molar-refractivity contribution is 5.86. The summed E-state index contributed by atoms with van der Waals surface area (Å²) in [6, 6.07) is 7.90. The molecule has 0 saturated heterocycles. The summed E-state index contributed by atoms with van der Waals surface area (Å²) in [4.78, 5) is 14.5. The van der Waals surface area contributed by atoms with E-state index in [-0.39, 0.29) is 0 Å². The molecule has 0 aliphatic heterocycles. The average Bonchev–Trinajstić information content (AvgIpc) is 2.82. The van der Waals surface area contributed by atoms with E-state index >= 15 is 0 Å². The summed E-state index contributed by atoms with van der Waals surface area (Å²) in [6.45, 7) is 0. The smallest absolute Gasteiger partial charge is 0.132 e.